The lowest BCUT2D eigenvalue weighted by Crippen LogP contribution is -2.22. The number of nitrogens with zero attached hydrogens (tertiary/aromatic N) is 4. The van der Waals surface area contributed by atoms with Crippen LogP contribution in [0.5, 0.6) is 0 Å². The zero-order valence-electron chi connectivity index (χ0n) is 8.89. The summed E-state index contributed by atoms with van der Waals surface area (Å²) in [5.74, 6) is 0.341. The Morgan fingerprint density at radius 3 is 3.00 bits per heavy atom. The first-order chi connectivity index (χ1) is 8.25. The highest BCUT2D eigenvalue weighted by Gasteiger charge is 2.18. The van der Waals surface area contributed by atoms with Crippen LogP contribution in [-0.4, -0.2) is 37.3 Å². The van der Waals surface area contributed by atoms with Gasteiger partial charge in [-0.1, -0.05) is 6.08 Å². The summed E-state index contributed by atoms with van der Waals surface area (Å²) in [5, 5.41) is 9.30. The summed E-state index contributed by atoms with van der Waals surface area (Å²) in [5.41, 5.74) is 6.86. The normalized spacial score (nSPS) is 24.3. The molecule has 0 radical (unpaired) electrons. The molecule has 0 saturated carbocycles. The molecule has 3 N–H and O–H groups in total. The van der Waals surface area contributed by atoms with Crippen LogP contribution in [0.1, 0.15) is 6.23 Å². The predicted octanol–water partition coefficient (Wildman–Crippen LogP) is -0.146. The maximum Gasteiger partial charge on any atom is 0.167 e. The molecule has 0 unspecified atom stereocenters. The van der Waals surface area contributed by atoms with E-state index in [2.05, 4.69) is 15.0 Å². The Morgan fingerprint density at radius 2 is 2.24 bits per heavy atom. The molecule has 0 aliphatic carbocycles. The van der Waals surface area contributed by atoms with E-state index in [1.54, 1.807) is 23.0 Å². The maximum absolute atomic E-state index is 9.30. The van der Waals surface area contributed by atoms with E-state index < -0.39 is 6.10 Å². The third kappa shape index (κ3) is 1.65. The zero-order valence-corrected chi connectivity index (χ0v) is 8.89. The van der Waals surface area contributed by atoms with Crippen molar-refractivity contribution in [2.75, 3.05) is 12.3 Å². The Kier molecular flexibility index (Phi) is 2.27. The lowest BCUT2D eigenvalue weighted by Gasteiger charge is -2.21. The van der Waals surface area contributed by atoms with Gasteiger partial charge in [0, 0.05) is 0 Å². The molecule has 0 bridgehead atoms. The molecule has 1 aliphatic heterocycles. The van der Waals surface area contributed by atoms with Crippen LogP contribution < -0.4 is 5.73 Å². The Labute approximate surface area is 96.6 Å². The van der Waals surface area contributed by atoms with Crippen molar-refractivity contribution in [1.29, 1.82) is 0 Å². The van der Waals surface area contributed by atoms with Crippen molar-refractivity contribution in [3.05, 3.63) is 24.8 Å². The molecule has 1 aliphatic rings. The molecule has 2 aromatic heterocycles. The van der Waals surface area contributed by atoms with Gasteiger partial charge in [0.1, 0.15) is 11.8 Å². The lowest BCUT2D eigenvalue weighted by atomic mass is 10.3. The van der Waals surface area contributed by atoms with Crippen LogP contribution >= 0.6 is 0 Å². The summed E-state index contributed by atoms with van der Waals surface area (Å²) in [6.07, 6.45) is 5.55. The van der Waals surface area contributed by atoms with E-state index in [1.165, 1.54) is 6.33 Å². The molecule has 3 rings (SSSR count). The summed E-state index contributed by atoms with van der Waals surface area (Å²) in [7, 11) is 0. The van der Waals surface area contributed by atoms with Crippen molar-refractivity contribution in [3.63, 3.8) is 0 Å². The Hall–Kier alpha value is -1.99. The number of nitrogens with two attached hydrogens (primary N) is 1. The number of aliphatic hydroxyl groups excluding tert-OH is 1. The number of imidazole rings is 1. The van der Waals surface area contributed by atoms with Gasteiger partial charge < -0.3 is 15.6 Å². The number of anilines is 1. The quantitative estimate of drug-likeness (QED) is 0.665. The number of fused-ring (bicyclic) bond motifs is 1. The van der Waals surface area contributed by atoms with E-state index in [-0.39, 0.29) is 12.8 Å². The van der Waals surface area contributed by atoms with Gasteiger partial charge in [0.15, 0.2) is 17.7 Å². The number of hydrogen-bond acceptors (Lipinski definition) is 6. The maximum atomic E-state index is 9.30. The number of rotatable bonds is 1. The van der Waals surface area contributed by atoms with E-state index in [0.29, 0.717) is 17.0 Å². The Bertz CT molecular complexity index is 579. The van der Waals surface area contributed by atoms with Crippen LogP contribution in [0.15, 0.2) is 24.8 Å². The Balaban J connectivity index is 2.07. The molecule has 0 aromatic carbocycles. The minimum atomic E-state index is -0.555. The molecule has 0 saturated heterocycles. The zero-order chi connectivity index (χ0) is 11.8. The first-order valence-corrected chi connectivity index (χ1v) is 5.16. The average molecular weight is 233 g/mol. The highest BCUT2D eigenvalue weighted by atomic mass is 16.5. The van der Waals surface area contributed by atoms with Gasteiger partial charge in [-0.25, -0.2) is 15.0 Å². The molecular weight excluding hydrogens is 222 g/mol. The number of hydrogen-bond donors (Lipinski definition) is 2. The van der Waals surface area contributed by atoms with Crippen LogP contribution in [0.25, 0.3) is 11.2 Å². The molecule has 3 heterocycles. The topological polar surface area (TPSA) is 99.1 Å². The first-order valence-electron chi connectivity index (χ1n) is 5.16. The third-order valence-corrected chi connectivity index (χ3v) is 2.60. The molecule has 88 valence electrons. The third-order valence-electron chi connectivity index (χ3n) is 2.60. The van der Waals surface area contributed by atoms with Crippen molar-refractivity contribution in [2.45, 2.75) is 12.3 Å². The predicted molar refractivity (Wildman–Crippen MR) is 59.9 cm³/mol. The molecule has 7 nitrogen and oxygen atoms in total. The summed E-state index contributed by atoms with van der Waals surface area (Å²) >= 11 is 0. The standard InChI is InChI=1S/C10H11N5O2/c11-9-8-10(13-4-12-9)15(5-14-8)7-2-1-6(16)3-17-7/h1-2,4-7,16H,3H2,(H2,11,12,13)/t6-,7+/m0/s1. The largest absolute Gasteiger partial charge is 0.387 e. The summed E-state index contributed by atoms with van der Waals surface area (Å²) in [6, 6.07) is 0. The fourth-order valence-corrected chi connectivity index (χ4v) is 1.76. The second-order valence-corrected chi connectivity index (χ2v) is 3.76. The number of aliphatic hydroxyl groups is 1. The average Bonchev–Trinajstić information content (AvgIpc) is 2.75. The van der Waals surface area contributed by atoms with Gasteiger partial charge in [0.25, 0.3) is 0 Å². The van der Waals surface area contributed by atoms with Gasteiger partial charge in [-0.2, -0.15) is 0 Å². The molecule has 0 amide bonds. The van der Waals surface area contributed by atoms with Crippen molar-refractivity contribution in [2.24, 2.45) is 0 Å². The molecule has 0 fully saturated rings. The fourth-order valence-electron chi connectivity index (χ4n) is 1.76. The first kappa shape index (κ1) is 10.2. The molecule has 0 spiro atoms. The molecule has 2 aromatic rings. The fraction of sp³-hybridized carbons (Fsp3) is 0.300. The van der Waals surface area contributed by atoms with Crippen LogP contribution in [0.2, 0.25) is 0 Å². The minimum absolute atomic E-state index is 0.251. The molecule has 17 heavy (non-hydrogen) atoms. The van der Waals surface area contributed by atoms with Crippen LogP contribution in [-0.2, 0) is 4.74 Å². The summed E-state index contributed by atoms with van der Waals surface area (Å²) in [4.78, 5) is 12.1. The van der Waals surface area contributed by atoms with Gasteiger partial charge >= 0.3 is 0 Å². The molecular formula is C10H11N5O2. The van der Waals surface area contributed by atoms with Crippen LogP contribution in [0, 0.1) is 0 Å². The van der Waals surface area contributed by atoms with Crippen molar-refractivity contribution >= 4 is 17.0 Å². The second-order valence-electron chi connectivity index (χ2n) is 3.76. The molecule has 7 heteroatoms. The Morgan fingerprint density at radius 1 is 1.35 bits per heavy atom. The van der Waals surface area contributed by atoms with E-state index in [1.807, 2.05) is 0 Å². The highest BCUT2D eigenvalue weighted by molar-refractivity contribution is 5.81. The van der Waals surface area contributed by atoms with Crippen molar-refractivity contribution in [3.8, 4) is 0 Å². The van der Waals surface area contributed by atoms with Gasteiger partial charge in [0.2, 0.25) is 0 Å². The van der Waals surface area contributed by atoms with E-state index in [0.717, 1.165) is 0 Å². The van der Waals surface area contributed by atoms with E-state index in [9.17, 15) is 5.11 Å². The van der Waals surface area contributed by atoms with Crippen LogP contribution in [0.4, 0.5) is 5.82 Å². The SMILES string of the molecule is Nc1ncnc2c1ncn2[C@H]1C=C[C@H](O)CO1. The number of nitrogen functional groups attached to an aromatic ring is 1. The second kappa shape index (κ2) is 3.79. The monoisotopic (exact) mass is 233 g/mol. The van der Waals surface area contributed by atoms with Gasteiger partial charge in [0.05, 0.1) is 19.0 Å². The summed E-state index contributed by atoms with van der Waals surface area (Å²) < 4.78 is 7.21. The smallest absolute Gasteiger partial charge is 0.167 e. The van der Waals surface area contributed by atoms with E-state index in [4.69, 9.17) is 10.5 Å². The van der Waals surface area contributed by atoms with Gasteiger partial charge in [-0.3, -0.25) is 4.57 Å². The van der Waals surface area contributed by atoms with E-state index >= 15 is 0 Å². The van der Waals surface area contributed by atoms with Crippen molar-refractivity contribution in [1.82, 2.24) is 19.5 Å². The number of ether oxygens (including phenoxy) is 1. The van der Waals surface area contributed by atoms with Crippen molar-refractivity contribution < 1.29 is 9.84 Å². The lowest BCUT2D eigenvalue weighted by molar-refractivity contribution is -0.0165. The van der Waals surface area contributed by atoms with Gasteiger partial charge in [-0.15, -0.1) is 0 Å². The highest BCUT2D eigenvalue weighted by Crippen LogP contribution is 2.22. The van der Waals surface area contributed by atoms with Crippen LogP contribution in [0.3, 0.4) is 0 Å². The summed E-state index contributed by atoms with van der Waals surface area (Å²) in [6.45, 7) is 0.251. The van der Waals surface area contributed by atoms with Gasteiger partial charge in [-0.05, 0) is 6.08 Å². The number of aromatic nitrogens is 4. The minimum Gasteiger partial charge on any atom is -0.387 e. The molecule has 2 atom stereocenters.